The second-order valence-electron chi connectivity index (χ2n) is 3.32. The molecule has 1 fully saturated rings. The quantitative estimate of drug-likeness (QED) is 0.587. The molecular formula is C7H11F3O. The highest BCUT2D eigenvalue weighted by atomic mass is 19.4. The van der Waals surface area contributed by atoms with E-state index in [1.165, 1.54) is 0 Å². The van der Waals surface area contributed by atoms with Crippen LogP contribution in [0.3, 0.4) is 0 Å². The van der Waals surface area contributed by atoms with Crippen LogP contribution in [-0.4, -0.2) is 17.4 Å². The Morgan fingerprint density at radius 2 is 2.00 bits per heavy atom. The number of rotatable bonds is 0. The molecule has 66 valence electrons. The fourth-order valence-electron chi connectivity index (χ4n) is 1.48. The van der Waals surface area contributed by atoms with E-state index in [0.29, 0.717) is 6.42 Å². The van der Waals surface area contributed by atoms with Crippen LogP contribution in [0, 0.1) is 5.41 Å². The maximum Gasteiger partial charge on any atom is 0.396 e. The maximum atomic E-state index is 12.2. The molecule has 0 heterocycles. The Morgan fingerprint density at radius 1 is 1.45 bits per heavy atom. The Hall–Kier alpha value is -0.250. The Kier molecular flexibility index (Phi) is 1.90. The summed E-state index contributed by atoms with van der Waals surface area (Å²) in [6.07, 6.45) is -4.67. The molecule has 0 aromatic heterocycles. The standard InChI is InChI=1S/C7H11F3O/c1-6(7(8,9)10)4-2-3-5(6)11/h5,11H,2-4H2,1H3. The van der Waals surface area contributed by atoms with Gasteiger partial charge < -0.3 is 5.11 Å². The van der Waals surface area contributed by atoms with E-state index in [-0.39, 0.29) is 12.8 Å². The number of aliphatic hydroxyl groups is 1. The molecule has 1 rings (SSSR count). The third kappa shape index (κ3) is 1.24. The lowest BCUT2D eigenvalue weighted by atomic mass is 9.86. The van der Waals surface area contributed by atoms with Crippen molar-refractivity contribution in [2.24, 2.45) is 5.41 Å². The van der Waals surface area contributed by atoms with E-state index in [0.717, 1.165) is 6.92 Å². The van der Waals surface area contributed by atoms with Crippen molar-refractivity contribution in [2.75, 3.05) is 0 Å². The summed E-state index contributed by atoms with van der Waals surface area (Å²) in [4.78, 5) is 0. The van der Waals surface area contributed by atoms with E-state index in [1.807, 2.05) is 0 Å². The van der Waals surface area contributed by atoms with Crippen LogP contribution in [0.25, 0.3) is 0 Å². The van der Waals surface area contributed by atoms with Gasteiger partial charge in [-0.2, -0.15) is 13.2 Å². The van der Waals surface area contributed by atoms with Gasteiger partial charge in [0.25, 0.3) is 0 Å². The first-order chi connectivity index (χ1) is 4.88. The molecule has 0 saturated heterocycles. The molecule has 11 heavy (non-hydrogen) atoms. The Labute approximate surface area is 63.2 Å². The van der Waals surface area contributed by atoms with Crippen LogP contribution < -0.4 is 0 Å². The first-order valence-corrected chi connectivity index (χ1v) is 3.63. The lowest BCUT2D eigenvalue weighted by molar-refractivity contribution is -0.240. The van der Waals surface area contributed by atoms with Crippen molar-refractivity contribution in [2.45, 2.75) is 38.5 Å². The van der Waals surface area contributed by atoms with Crippen LogP contribution in [-0.2, 0) is 0 Å². The first kappa shape index (κ1) is 8.84. The van der Waals surface area contributed by atoms with Crippen molar-refractivity contribution >= 4 is 0 Å². The number of hydrogen-bond acceptors (Lipinski definition) is 1. The summed E-state index contributed by atoms with van der Waals surface area (Å²) in [6, 6.07) is 0. The molecule has 2 atom stereocenters. The number of hydrogen-bond donors (Lipinski definition) is 1. The molecule has 1 aliphatic rings. The predicted molar refractivity (Wildman–Crippen MR) is 34.0 cm³/mol. The monoisotopic (exact) mass is 168 g/mol. The highest BCUT2D eigenvalue weighted by Crippen LogP contribution is 2.49. The summed E-state index contributed by atoms with van der Waals surface area (Å²) in [5.41, 5.74) is -1.85. The van der Waals surface area contributed by atoms with Crippen LogP contribution in [0.5, 0.6) is 0 Å². The molecule has 1 nitrogen and oxygen atoms in total. The number of halogens is 3. The van der Waals surface area contributed by atoms with Gasteiger partial charge >= 0.3 is 6.18 Å². The van der Waals surface area contributed by atoms with Crippen LogP contribution >= 0.6 is 0 Å². The minimum absolute atomic E-state index is 0.0532. The van der Waals surface area contributed by atoms with Gasteiger partial charge in [-0.25, -0.2) is 0 Å². The van der Waals surface area contributed by atoms with Crippen molar-refractivity contribution < 1.29 is 18.3 Å². The zero-order valence-corrected chi connectivity index (χ0v) is 6.28. The minimum Gasteiger partial charge on any atom is -0.392 e. The Balaban J connectivity index is 2.81. The minimum atomic E-state index is -4.26. The normalized spacial score (nSPS) is 39.5. The van der Waals surface area contributed by atoms with Gasteiger partial charge in [0.2, 0.25) is 0 Å². The lowest BCUT2D eigenvalue weighted by Gasteiger charge is -2.30. The van der Waals surface area contributed by atoms with Crippen LogP contribution in [0.1, 0.15) is 26.2 Å². The van der Waals surface area contributed by atoms with Gasteiger partial charge in [0, 0.05) is 0 Å². The molecule has 1 saturated carbocycles. The highest BCUT2D eigenvalue weighted by molar-refractivity contribution is 4.93. The fourth-order valence-corrected chi connectivity index (χ4v) is 1.48. The maximum absolute atomic E-state index is 12.2. The largest absolute Gasteiger partial charge is 0.396 e. The topological polar surface area (TPSA) is 20.2 Å². The molecule has 1 aliphatic carbocycles. The fraction of sp³-hybridized carbons (Fsp3) is 1.00. The van der Waals surface area contributed by atoms with Gasteiger partial charge in [-0.3, -0.25) is 0 Å². The number of alkyl halides is 3. The van der Waals surface area contributed by atoms with Crippen molar-refractivity contribution in [1.29, 1.82) is 0 Å². The number of aliphatic hydroxyl groups excluding tert-OH is 1. The third-order valence-corrected chi connectivity index (χ3v) is 2.56. The van der Waals surface area contributed by atoms with Crippen molar-refractivity contribution in [1.82, 2.24) is 0 Å². The van der Waals surface area contributed by atoms with Crippen molar-refractivity contribution in [3.63, 3.8) is 0 Å². The van der Waals surface area contributed by atoms with Crippen LogP contribution in [0.15, 0.2) is 0 Å². The van der Waals surface area contributed by atoms with Crippen LogP contribution in [0.4, 0.5) is 13.2 Å². The van der Waals surface area contributed by atoms with Gasteiger partial charge in [-0.05, 0) is 26.2 Å². The average molecular weight is 168 g/mol. The van der Waals surface area contributed by atoms with E-state index in [4.69, 9.17) is 5.11 Å². The second-order valence-corrected chi connectivity index (χ2v) is 3.32. The summed E-state index contributed by atoms with van der Waals surface area (Å²) in [5.74, 6) is 0. The molecule has 2 unspecified atom stereocenters. The van der Waals surface area contributed by atoms with Crippen molar-refractivity contribution in [3.8, 4) is 0 Å². The SMILES string of the molecule is CC1(C(F)(F)F)CCCC1O. The average Bonchev–Trinajstić information content (AvgIpc) is 2.12. The zero-order chi connectivity index (χ0) is 8.70. The van der Waals surface area contributed by atoms with E-state index in [9.17, 15) is 13.2 Å². The lowest BCUT2D eigenvalue weighted by Crippen LogP contribution is -2.41. The molecule has 0 aliphatic heterocycles. The molecule has 0 spiro atoms. The molecular weight excluding hydrogens is 157 g/mol. The predicted octanol–water partition coefficient (Wildman–Crippen LogP) is 2.10. The molecule has 0 radical (unpaired) electrons. The molecule has 4 heteroatoms. The Bertz CT molecular complexity index is 154. The second kappa shape index (κ2) is 2.37. The summed E-state index contributed by atoms with van der Waals surface area (Å²) < 4.78 is 36.7. The van der Waals surface area contributed by atoms with E-state index >= 15 is 0 Å². The smallest absolute Gasteiger partial charge is 0.392 e. The first-order valence-electron chi connectivity index (χ1n) is 3.63. The van der Waals surface area contributed by atoms with E-state index < -0.39 is 17.7 Å². The van der Waals surface area contributed by atoms with Crippen molar-refractivity contribution in [3.05, 3.63) is 0 Å². The van der Waals surface area contributed by atoms with Gasteiger partial charge in [-0.1, -0.05) is 0 Å². The summed E-state index contributed by atoms with van der Waals surface area (Å²) in [7, 11) is 0. The summed E-state index contributed by atoms with van der Waals surface area (Å²) in [6.45, 7) is 1.09. The molecule has 0 amide bonds. The zero-order valence-electron chi connectivity index (χ0n) is 6.28. The highest BCUT2D eigenvalue weighted by Gasteiger charge is 2.57. The third-order valence-electron chi connectivity index (χ3n) is 2.56. The molecule has 0 bridgehead atoms. The summed E-state index contributed by atoms with van der Waals surface area (Å²) >= 11 is 0. The van der Waals surface area contributed by atoms with Gasteiger partial charge in [0.15, 0.2) is 0 Å². The van der Waals surface area contributed by atoms with Gasteiger partial charge in [-0.15, -0.1) is 0 Å². The summed E-state index contributed by atoms with van der Waals surface area (Å²) in [5, 5.41) is 9.06. The Morgan fingerprint density at radius 3 is 2.18 bits per heavy atom. The van der Waals surface area contributed by atoms with E-state index in [1.54, 1.807) is 0 Å². The van der Waals surface area contributed by atoms with Crippen LogP contribution in [0.2, 0.25) is 0 Å². The van der Waals surface area contributed by atoms with E-state index in [2.05, 4.69) is 0 Å². The molecule has 0 aromatic rings. The van der Waals surface area contributed by atoms with Gasteiger partial charge in [0.05, 0.1) is 11.5 Å². The molecule has 1 N–H and O–H groups in total. The molecule has 0 aromatic carbocycles. The van der Waals surface area contributed by atoms with Gasteiger partial charge in [0.1, 0.15) is 0 Å².